The first kappa shape index (κ1) is 15.4. The fourth-order valence-corrected chi connectivity index (χ4v) is 2.97. The third-order valence-corrected chi connectivity index (χ3v) is 4.54. The summed E-state index contributed by atoms with van der Waals surface area (Å²) in [6, 6.07) is 13.0. The Morgan fingerprint density at radius 2 is 1.62 bits per heavy atom. The van der Waals surface area contributed by atoms with Crippen molar-refractivity contribution >= 4 is 15.7 Å². The molecule has 0 bridgehead atoms. The van der Waals surface area contributed by atoms with Gasteiger partial charge in [0.2, 0.25) is 0 Å². The molecular weight excluding hydrogens is 286 g/mol. The van der Waals surface area contributed by atoms with Gasteiger partial charge >= 0.3 is 0 Å². The van der Waals surface area contributed by atoms with Crippen LogP contribution >= 0.6 is 0 Å². The van der Waals surface area contributed by atoms with Crippen LogP contribution in [-0.4, -0.2) is 13.5 Å². The van der Waals surface area contributed by atoms with Crippen LogP contribution < -0.4 is 4.72 Å². The summed E-state index contributed by atoms with van der Waals surface area (Å²) in [4.78, 5) is 0.158. The molecule has 2 rings (SSSR count). The van der Waals surface area contributed by atoms with Crippen LogP contribution in [0.5, 0.6) is 5.75 Å². The molecule has 0 heterocycles. The van der Waals surface area contributed by atoms with E-state index in [4.69, 9.17) is 0 Å². The Labute approximate surface area is 125 Å². The Hall–Kier alpha value is -2.01. The molecule has 0 aliphatic rings. The van der Waals surface area contributed by atoms with Crippen molar-refractivity contribution in [3.05, 3.63) is 54.1 Å². The van der Waals surface area contributed by atoms with Gasteiger partial charge in [-0.25, -0.2) is 8.42 Å². The van der Waals surface area contributed by atoms with E-state index in [1.165, 1.54) is 18.2 Å². The summed E-state index contributed by atoms with van der Waals surface area (Å²) in [7, 11) is -3.71. The average molecular weight is 305 g/mol. The normalized spacial score (nSPS) is 12.1. The van der Waals surface area contributed by atoms with Crippen molar-refractivity contribution < 1.29 is 13.5 Å². The van der Waals surface area contributed by atoms with Crippen LogP contribution in [0, 0.1) is 0 Å². The molecule has 0 aromatic heterocycles. The number of phenolic OH excluding ortho intramolecular Hbond substituents is 1. The molecule has 2 aromatic rings. The van der Waals surface area contributed by atoms with Crippen LogP contribution in [0.3, 0.4) is 0 Å². The fraction of sp³-hybridized carbons (Fsp3) is 0.250. The number of phenols is 1. The lowest BCUT2D eigenvalue weighted by molar-refractivity contribution is 0.476. The van der Waals surface area contributed by atoms with Crippen molar-refractivity contribution in [1.82, 2.24) is 0 Å². The second kappa shape index (κ2) is 5.41. The summed E-state index contributed by atoms with van der Waals surface area (Å²) in [5, 5.41) is 9.88. The van der Waals surface area contributed by atoms with Gasteiger partial charge in [-0.3, -0.25) is 4.72 Å². The second-order valence-electron chi connectivity index (χ2n) is 5.90. The van der Waals surface area contributed by atoms with Gasteiger partial charge in [0.25, 0.3) is 10.0 Å². The van der Waals surface area contributed by atoms with Gasteiger partial charge in [-0.2, -0.15) is 0 Å². The summed E-state index contributed by atoms with van der Waals surface area (Å²) >= 11 is 0. The molecule has 0 saturated heterocycles. The van der Waals surface area contributed by atoms with Crippen LogP contribution in [0.15, 0.2) is 53.4 Å². The largest absolute Gasteiger partial charge is 0.506 e. The van der Waals surface area contributed by atoms with Crippen molar-refractivity contribution in [3.63, 3.8) is 0 Å². The Morgan fingerprint density at radius 1 is 1.00 bits per heavy atom. The molecule has 0 atom stereocenters. The molecule has 0 spiro atoms. The van der Waals surface area contributed by atoms with Gasteiger partial charge in [0.1, 0.15) is 5.75 Å². The van der Waals surface area contributed by atoms with Gasteiger partial charge < -0.3 is 5.11 Å². The van der Waals surface area contributed by atoms with Gasteiger partial charge in [0, 0.05) is 0 Å². The van der Waals surface area contributed by atoms with E-state index >= 15 is 0 Å². The number of hydrogen-bond donors (Lipinski definition) is 2. The highest BCUT2D eigenvalue weighted by atomic mass is 32.2. The van der Waals surface area contributed by atoms with Crippen molar-refractivity contribution in [2.24, 2.45) is 0 Å². The zero-order valence-corrected chi connectivity index (χ0v) is 13.1. The summed E-state index contributed by atoms with van der Waals surface area (Å²) in [6.45, 7) is 6.07. The molecule has 2 N–H and O–H groups in total. The van der Waals surface area contributed by atoms with E-state index in [0.29, 0.717) is 0 Å². The Bertz CT molecular complexity index is 732. The van der Waals surface area contributed by atoms with Gasteiger partial charge in [0.15, 0.2) is 0 Å². The van der Waals surface area contributed by atoms with Crippen LogP contribution in [-0.2, 0) is 15.4 Å². The second-order valence-corrected chi connectivity index (χ2v) is 7.58. The van der Waals surface area contributed by atoms with Gasteiger partial charge in [-0.15, -0.1) is 0 Å². The number of sulfonamides is 1. The molecule has 0 saturated carbocycles. The molecule has 5 heteroatoms. The van der Waals surface area contributed by atoms with Crippen LogP contribution in [0.4, 0.5) is 5.69 Å². The number of aromatic hydroxyl groups is 1. The van der Waals surface area contributed by atoms with Crippen molar-refractivity contribution in [3.8, 4) is 5.75 Å². The third kappa shape index (κ3) is 3.55. The first-order valence-corrected chi connectivity index (χ1v) is 8.10. The van der Waals surface area contributed by atoms with E-state index in [1.54, 1.807) is 30.3 Å². The quantitative estimate of drug-likeness (QED) is 0.853. The molecule has 0 fully saturated rings. The minimum absolute atomic E-state index is 0.0949. The molecule has 0 unspecified atom stereocenters. The summed E-state index contributed by atoms with van der Waals surface area (Å²) in [6.07, 6.45) is 0. The molecule has 0 amide bonds. The number of anilines is 1. The Balaban J connectivity index is 2.40. The monoisotopic (exact) mass is 305 g/mol. The molecule has 2 aromatic carbocycles. The third-order valence-electron chi connectivity index (χ3n) is 3.16. The van der Waals surface area contributed by atoms with E-state index < -0.39 is 10.0 Å². The number of rotatable bonds is 3. The Morgan fingerprint density at radius 3 is 2.19 bits per heavy atom. The number of benzene rings is 2. The maximum absolute atomic E-state index is 12.3. The standard InChI is InChI=1S/C16H19NO3S/c1-16(2,3)12-9-10-15(18)14(11-12)17-21(19,20)13-7-5-4-6-8-13/h4-11,17-18H,1-3H3. The zero-order chi connectivity index (χ0) is 15.7. The van der Waals surface area contributed by atoms with Gasteiger partial charge in [0.05, 0.1) is 10.6 Å². The zero-order valence-electron chi connectivity index (χ0n) is 12.3. The maximum atomic E-state index is 12.3. The van der Waals surface area contributed by atoms with Crippen LogP contribution in [0.2, 0.25) is 0 Å². The van der Waals surface area contributed by atoms with E-state index in [1.807, 2.05) is 20.8 Å². The SMILES string of the molecule is CC(C)(C)c1ccc(O)c(NS(=O)(=O)c2ccccc2)c1. The van der Waals surface area contributed by atoms with E-state index in [-0.39, 0.29) is 21.7 Å². The topological polar surface area (TPSA) is 66.4 Å². The van der Waals surface area contributed by atoms with E-state index in [9.17, 15) is 13.5 Å². The molecule has 0 radical (unpaired) electrons. The average Bonchev–Trinajstić information content (AvgIpc) is 2.41. The van der Waals surface area contributed by atoms with E-state index in [0.717, 1.165) is 5.56 Å². The lowest BCUT2D eigenvalue weighted by Gasteiger charge is -2.20. The molecule has 112 valence electrons. The lowest BCUT2D eigenvalue weighted by atomic mass is 9.87. The van der Waals surface area contributed by atoms with Gasteiger partial charge in [-0.1, -0.05) is 45.0 Å². The molecular formula is C16H19NO3S. The van der Waals surface area contributed by atoms with Crippen LogP contribution in [0.25, 0.3) is 0 Å². The number of hydrogen-bond acceptors (Lipinski definition) is 3. The summed E-state index contributed by atoms with van der Waals surface area (Å²) < 4.78 is 27.0. The van der Waals surface area contributed by atoms with Crippen molar-refractivity contribution in [2.45, 2.75) is 31.1 Å². The Kier molecular flexibility index (Phi) is 3.96. The van der Waals surface area contributed by atoms with Crippen molar-refractivity contribution in [1.29, 1.82) is 0 Å². The molecule has 0 aliphatic carbocycles. The molecule has 21 heavy (non-hydrogen) atoms. The molecule has 0 aliphatic heterocycles. The first-order chi connectivity index (χ1) is 9.70. The summed E-state index contributed by atoms with van der Waals surface area (Å²) in [5.41, 5.74) is 0.984. The highest BCUT2D eigenvalue weighted by Gasteiger charge is 2.19. The fourth-order valence-electron chi connectivity index (χ4n) is 1.89. The summed E-state index contributed by atoms with van der Waals surface area (Å²) in [5.74, 6) is -0.0949. The van der Waals surface area contributed by atoms with Crippen molar-refractivity contribution in [2.75, 3.05) is 4.72 Å². The van der Waals surface area contributed by atoms with E-state index in [2.05, 4.69) is 4.72 Å². The smallest absolute Gasteiger partial charge is 0.262 e. The highest BCUT2D eigenvalue weighted by Crippen LogP contribution is 2.32. The first-order valence-electron chi connectivity index (χ1n) is 6.61. The lowest BCUT2D eigenvalue weighted by Crippen LogP contribution is -2.15. The number of nitrogens with one attached hydrogen (secondary N) is 1. The minimum Gasteiger partial charge on any atom is -0.506 e. The predicted molar refractivity (Wildman–Crippen MR) is 84.1 cm³/mol. The molecule has 4 nitrogen and oxygen atoms in total. The van der Waals surface area contributed by atoms with Crippen LogP contribution in [0.1, 0.15) is 26.3 Å². The highest BCUT2D eigenvalue weighted by molar-refractivity contribution is 7.92. The maximum Gasteiger partial charge on any atom is 0.262 e. The predicted octanol–water partition coefficient (Wildman–Crippen LogP) is 3.49. The van der Waals surface area contributed by atoms with Gasteiger partial charge in [-0.05, 0) is 35.2 Å². The minimum atomic E-state index is -3.71.